The maximum absolute atomic E-state index is 12.0. The van der Waals surface area contributed by atoms with E-state index in [1.165, 1.54) is 0 Å². The minimum atomic E-state index is -0.437. The lowest BCUT2D eigenvalue weighted by molar-refractivity contribution is -0.136. The van der Waals surface area contributed by atoms with Crippen molar-refractivity contribution in [2.75, 3.05) is 6.61 Å². The SMILES string of the molecule is Cc1ccc(C)c(OCC(=O)Oc2ccc(/C=C/c3ccccn3)cc2)c1. The van der Waals surface area contributed by atoms with E-state index in [0.717, 1.165) is 22.4 Å². The highest BCUT2D eigenvalue weighted by molar-refractivity contribution is 5.74. The Balaban J connectivity index is 1.54. The monoisotopic (exact) mass is 359 g/mol. The first kappa shape index (κ1) is 18.4. The van der Waals surface area contributed by atoms with Gasteiger partial charge in [0.15, 0.2) is 6.61 Å². The zero-order chi connectivity index (χ0) is 19.1. The third kappa shape index (κ3) is 5.54. The highest BCUT2D eigenvalue weighted by Crippen LogP contribution is 2.19. The van der Waals surface area contributed by atoms with Crippen LogP contribution in [0.3, 0.4) is 0 Å². The molecule has 0 spiro atoms. The van der Waals surface area contributed by atoms with Gasteiger partial charge in [-0.3, -0.25) is 4.98 Å². The van der Waals surface area contributed by atoms with E-state index in [1.807, 2.05) is 74.5 Å². The molecule has 4 heteroatoms. The van der Waals surface area contributed by atoms with Gasteiger partial charge in [-0.15, -0.1) is 0 Å². The van der Waals surface area contributed by atoms with Gasteiger partial charge in [-0.25, -0.2) is 4.79 Å². The van der Waals surface area contributed by atoms with E-state index in [1.54, 1.807) is 18.3 Å². The molecule has 0 aliphatic rings. The van der Waals surface area contributed by atoms with E-state index < -0.39 is 5.97 Å². The third-order valence-corrected chi connectivity index (χ3v) is 3.94. The highest BCUT2D eigenvalue weighted by atomic mass is 16.6. The number of carbonyl (C=O) groups excluding carboxylic acids is 1. The van der Waals surface area contributed by atoms with E-state index in [9.17, 15) is 4.79 Å². The summed E-state index contributed by atoms with van der Waals surface area (Å²) < 4.78 is 10.9. The fourth-order valence-electron chi connectivity index (χ4n) is 2.46. The zero-order valence-corrected chi connectivity index (χ0v) is 15.4. The van der Waals surface area contributed by atoms with Crippen LogP contribution < -0.4 is 9.47 Å². The first-order chi connectivity index (χ1) is 13.1. The maximum atomic E-state index is 12.0. The smallest absolute Gasteiger partial charge is 0.349 e. The van der Waals surface area contributed by atoms with Crippen molar-refractivity contribution in [1.82, 2.24) is 4.98 Å². The van der Waals surface area contributed by atoms with Crippen molar-refractivity contribution in [3.63, 3.8) is 0 Å². The molecule has 136 valence electrons. The molecule has 0 bridgehead atoms. The summed E-state index contributed by atoms with van der Waals surface area (Å²) in [5.74, 6) is 0.745. The van der Waals surface area contributed by atoms with Crippen LogP contribution in [-0.2, 0) is 4.79 Å². The normalized spacial score (nSPS) is 10.7. The second-order valence-corrected chi connectivity index (χ2v) is 6.19. The minimum absolute atomic E-state index is 0.133. The Labute approximate surface area is 159 Å². The average molecular weight is 359 g/mol. The molecule has 0 saturated heterocycles. The topological polar surface area (TPSA) is 48.4 Å². The molecular formula is C23H21NO3. The van der Waals surface area contributed by atoms with Gasteiger partial charge >= 0.3 is 5.97 Å². The molecule has 3 aromatic rings. The van der Waals surface area contributed by atoms with Crippen molar-refractivity contribution >= 4 is 18.1 Å². The zero-order valence-electron chi connectivity index (χ0n) is 15.4. The van der Waals surface area contributed by atoms with Gasteiger partial charge < -0.3 is 9.47 Å². The van der Waals surface area contributed by atoms with Crippen LogP contribution in [0.25, 0.3) is 12.2 Å². The Morgan fingerprint density at radius 2 is 1.81 bits per heavy atom. The fourth-order valence-corrected chi connectivity index (χ4v) is 2.46. The molecule has 3 rings (SSSR count). The summed E-state index contributed by atoms with van der Waals surface area (Å²) in [5, 5.41) is 0. The van der Waals surface area contributed by atoms with Crippen molar-refractivity contribution < 1.29 is 14.3 Å². The van der Waals surface area contributed by atoms with Crippen molar-refractivity contribution in [1.29, 1.82) is 0 Å². The maximum Gasteiger partial charge on any atom is 0.349 e. The number of carbonyl (C=O) groups is 1. The molecule has 0 fully saturated rings. The number of aryl methyl sites for hydroxylation is 2. The number of pyridine rings is 1. The second kappa shape index (κ2) is 8.81. The van der Waals surface area contributed by atoms with Crippen molar-refractivity contribution in [3.8, 4) is 11.5 Å². The molecule has 0 atom stereocenters. The largest absolute Gasteiger partial charge is 0.482 e. The fraction of sp³-hybridized carbons (Fsp3) is 0.130. The van der Waals surface area contributed by atoms with Crippen molar-refractivity contribution in [2.24, 2.45) is 0 Å². The van der Waals surface area contributed by atoms with Gasteiger partial charge in [-0.05, 0) is 66.9 Å². The van der Waals surface area contributed by atoms with Crippen LogP contribution in [0.5, 0.6) is 11.5 Å². The number of hydrogen-bond donors (Lipinski definition) is 0. The van der Waals surface area contributed by atoms with Crippen LogP contribution >= 0.6 is 0 Å². The Hall–Kier alpha value is -3.40. The molecule has 0 radical (unpaired) electrons. The van der Waals surface area contributed by atoms with Gasteiger partial charge in [0.25, 0.3) is 0 Å². The van der Waals surface area contributed by atoms with E-state index in [2.05, 4.69) is 4.98 Å². The summed E-state index contributed by atoms with van der Waals surface area (Å²) in [6.07, 6.45) is 5.64. The average Bonchev–Trinajstić information content (AvgIpc) is 2.69. The molecule has 1 aromatic heterocycles. The van der Waals surface area contributed by atoms with Crippen LogP contribution in [0.1, 0.15) is 22.4 Å². The Morgan fingerprint density at radius 3 is 2.56 bits per heavy atom. The van der Waals surface area contributed by atoms with E-state index >= 15 is 0 Å². The standard InChI is InChI=1S/C23H21NO3/c1-17-6-7-18(2)22(15-17)26-16-23(25)27-21-12-9-19(10-13-21)8-11-20-5-3-4-14-24-20/h3-15H,16H2,1-2H3/b11-8+. The predicted molar refractivity (Wildman–Crippen MR) is 107 cm³/mol. The lowest BCUT2D eigenvalue weighted by Gasteiger charge is -2.10. The molecule has 0 amide bonds. The van der Waals surface area contributed by atoms with Crippen LogP contribution in [0.2, 0.25) is 0 Å². The van der Waals surface area contributed by atoms with Gasteiger partial charge in [0.2, 0.25) is 0 Å². The Kier molecular flexibility index (Phi) is 6.00. The molecule has 0 saturated carbocycles. The Morgan fingerprint density at radius 1 is 1.00 bits per heavy atom. The number of benzene rings is 2. The van der Waals surface area contributed by atoms with Gasteiger partial charge in [-0.1, -0.05) is 36.4 Å². The summed E-state index contributed by atoms with van der Waals surface area (Å²) in [4.78, 5) is 16.2. The van der Waals surface area contributed by atoms with Crippen LogP contribution in [0, 0.1) is 13.8 Å². The quantitative estimate of drug-likeness (QED) is 0.466. The first-order valence-corrected chi connectivity index (χ1v) is 8.70. The van der Waals surface area contributed by atoms with Gasteiger partial charge in [0.1, 0.15) is 11.5 Å². The molecule has 4 nitrogen and oxygen atoms in total. The lowest BCUT2D eigenvalue weighted by Crippen LogP contribution is -2.18. The van der Waals surface area contributed by atoms with E-state index in [4.69, 9.17) is 9.47 Å². The first-order valence-electron chi connectivity index (χ1n) is 8.70. The predicted octanol–water partition coefficient (Wildman–Crippen LogP) is 4.85. The molecular weight excluding hydrogens is 338 g/mol. The summed E-state index contributed by atoms with van der Waals surface area (Å²) in [6.45, 7) is 3.79. The summed E-state index contributed by atoms with van der Waals surface area (Å²) in [5.41, 5.74) is 3.94. The van der Waals surface area contributed by atoms with E-state index in [0.29, 0.717) is 11.5 Å². The molecule has 0 unspecified atom stereocenters. The molecule has 1 heterocycles. The number of aromatic nitrogens is 1. The molecule has 0 N–H and O–H groups in total. The van der Waals surface area contributed by atoms with Gasteiger partial charge in [-0.2, -0.15) is 0 Å². The van der Waals surface area contributed by atoms with Crippen LogP contribution in [0.15, 0.2) is 66.9 Å². The lowest BCUT2D eigenvalue weighted by atomic mass is 10.1. The third-order valence-electron chi connectivity index (χ3n) is 3.94. The van der Waals surface area contributed by atoms with Crippen molar-refractivity contribution in [2.45, 2.75) is 13.8 Å². The van der Waals surface area contributed by atoms with Gasteiger partial charge in [0.05, 0.1) is 5.69 Å². The molecule has 27 heavy (non-hydrogen) atoms. The number of rotatable bonds is 6. The summed E-state index contributed by atoms with van der Waals surface area (Å²) >= 11 is 0. The van der Waals surface area contributed by atoms with Gasteiger partial charge in [0, 0.05) is 6.20 Å². The minimum Gasteiger partial charge on any atom is -0.482 e. The number of nitrogens with zero attached hydrogens (tertiary/aromatic N) is 1. The summed E-state index contributed by atoms with van der Waals surface area (Å²) in [7, 11) is 0. The number of esters is 1. The number of hydrogen-bond acceptors (Lipinski definition) is 4. The highest BCUT2D eigenvalue weighted by Gasteiger charge is 2.08. The molecule has 0 aliphatic heterocycles. The van der Waals surface area contributed by atoms with Crippen LogP contribution in [0.4, 0.5) is 0 Å². The molecule has 2 aromatic carbocycles. The van der Waals surface area contributed by atoms with E-state index in [-0.39, 0.29) is 6.61 Å². The Bertz CT molecular complexity index is 932. The molecule has 0 aliphatic carbocycles. The second-order valence-electron chi connectivity index (χ2n) is 6.19. The number of ether oxygens (including phenoxy) is 2. The van der Waals surface area contributed by atoms with Crippen LogP contribution in [-0.4, -0.2) is 17.6 Å². The summed E-state index contributed by atoms with van der Waals surface area (Å²) in [6, 6.07) is 18.9. The van der Waals surface area contributed by atoms with Crippen molar-refractivity contribution in [3.05, 3.63) is 89.2 Å².